The number of fused-ring (bicyclic) bond motifs is 1. The zero-order valence-corrected chi connectivity index (χ0v) is 12.7. The van der Waals surface area contributed by atoms with Crippen molar-refractivity contribution in [2.24, 2.45) is 0 Å². The summed E-state index contributed by atoms with van der Waals surface area (Å²) in [5, 5.41) is 0. The van der Waals surface area contributed by atoms with Gasteiger partial charge in [-0.15, -0.1) is 0 Å². The molecule has 0 unspecified atom stereocenters. The van der Waals surface area contributed by atoms with Gasteiger partial charge in [-0.05, 0) is 36.6 Å². The maximum absolute atomic E-state index is 13.8. The number of rotatable bonds is 2. The van der Waals surface area contributed by atoms with Gasteiger partial charge in [0.15, 0.2) is 11.6 Å². The summed E-state index contributed by atoms with van der Waals surface area (Å²) in [5.41, 5.74) is 1.04. The van der Waals surface area contributed by atoms with Crippen LogP contribution in [0.3, 0.4) is 0 Å². The van der Waals surface area contributed by atoms with Crippen molar-refractivity contribution in [1.29, 1.82) is 0 Å². The third-order valence-electron chi connectivity index (χ3n) is 3.30. The second-order valence-corrected chi connectivity index (χ2v) is 6.08. The van der Waals surface area contributed by atoms with E-state index in [-0.39, 0.29) is 12.4 Å². The van der Waals surface area contributed by atoms with Crippen LogP contribution in [0.25, 0.3) is 0 Å². The summed E-state index contributed by atoms with van der Waals surface area (Å²) in [4.78, 5) is 24.5. The zero-order chi connectivity index (χ0) is 15.7. The maximum atomic E-state index is 13.8. The molecule has 0 saturated heterocycles. The summed E-state index contributed by atoms with van der Waals surface area (Å²) in [6.45, 7) is 1.41. The Labute approximate surface area is 131 Å². The number of thioether (sulfide) groups is 1. The van der Waals surface area contributed by atoms with Crippen molar-refractivity contribution in [3.63, 3.8) is 0 Å². The molecule has 3 rings (SSSR count). The number of hydrogen-bond donors (Lipinski definition) is 0. The van der Waals surface area contributed by atoms with Gasteiger partial charge in [-0.25, -0.2) is 9.18 Å². The van der Waals surface area contributed by atoms with Crippen molar-refractivity contribution in [1.82, 2.24) is 0 Å². The molecule has 0 spiro atoms. The van der Waals surface area contributed by atoms with Crippen molar-refractivity contribution >= 4 is 23.7 Å². The molecule has 114 valence electrons. The summed E-state index contributed by atoms with van der Waals surface area (Å²) in [6.07, 6.45) is 2.67. The van der Waals surface area contributed by atoms with Gasteiger partial charge in [0.1, 0.15) is 6.61 Å². The largest absolute Gasteiger partial charge is 0.461 e. The number of hydrogen-bond acceptors (Lipinski definition) is 5. The highest BCUT2D eigenvalue weighted by atomic mass is 32.2. The quantitative estimate of drug-likeness (QED) is 0.774. The molecule has 0 N–H and O–H groups in total. The molecular weight excluding hydrogens is 307 g/mol. The minimum atomic E-state index is -0.595. The molecule has 4 nitrogen and oxygen atoms in total. The molecule has 1 aromatic carbocycles. The lowest BCUT2D eigenvalue weighted by atomic mass is 10.1. The predicted octanol–water partition coefficient (Wildman–Crippen LogP) is 3.87. The van der Waals surface area contributed by atoms with Gasteiger partial charge in [0.2, 0.25) is 0 Å². The van der Waals surface area contributed by atoms with E-state index >= 15 is 0 Å². The third-order valence-corrected chi connectivity index (χ3v) is 4.51. The summed E-state index contributed by atoms with van der Waals surface area (Å²) in [5.74, 6) is -1.45. The molecule has 2 aliphatic rings. The van der Waals surface area contributed by atoms with Crippen LogP contribution in [0.2, 0.25) is 0 Å². The molecule has 1 aliphatic carbocycles. The normalized spacial score (nSPS) is 17.0. The molecule has 1 heterocycles. The summed E-state index contributed by atoms with van der Waals surface area (Å²) < 4.78 is 24.0. The van der Waals surface area contributed by atoms with Crippen LogP contribution < -0.4 is 0 Å². The fraction of sp³-hybridized carbons (Fsp3) is 0.250. The van der Waals surface area contributed by atoms with E-state index in [1.54, 1.807) is 18.2 Å². The van der Waals surface area contributed by atoms with Crippen molar-refractivity contribution in [3.8, 4) is 0 Å². The smallest absolute Gasteiger partial charge is 0.344 e. The van der Waals surface area contributed by atoms with Crippen LogP contribution >= 0.6 is 11.8 Å². The molecule has 6 heteroatoms. The van der Waals surface area contributed by atoms with Gasteiger partial charge >= 0.3 is 11.9 Å². The number of ether oxygens (including phenoxy) is 2. The predicted molar refractivity (Wildman–Crippen MR) is 78.6 cm³/mol. The minimum Gasteiger partial charge on any atom is -0.461 e. The number of esters is 2. The fourth-order valence-electron chi connectivity index (χ4n) is 2.25. The van der Waals surface area contributed by atoms with Gasteiger partial charge in [-0.1, -0.05) is 17.8 Å². The van der Waals surface area contributed by atoms with E-state index in [0.29, 0.717) is 24.0 Å². The standard InChI is InChI=1S/C16H13FO4S/c1-9(18)20-8-10-5-6-13-11(7-10)16(19)21-15-12(17)3-2-4-14(15)22-13/h3,5-7H,2,4,8H2,1H3. The Hall–Kier alpha value is -2.08. The lowest BCUT2D eigenvalue weighted by Crippen LogP contribution is -2.08. The molecule has 0 amide bonds. The second kappa shape index (κ2) is 5.96. The molecule has 0 aromatic heterocycles. The van der Waals surface area contributed by atoms with E-state index in [2.05, 4.69) is 0 Å². The number of allylic oxidation sites excluding steroid dienone is 3. The Balaban J connectivity index is 1.91. The van der Waals surface area contributed by atoms with Gasteiger partial charge in [0.25, 0.3) is 0 Å². The topological polar surface area (TPSA) is 52.6 Å². The highest BCUT2D eigenvalue weighted by Crippen LogP contribution is 2.42. The number of benzene rings is 1. The van der Waals surface area contributed by atoms with Gasteiger partial charge in [0.05, 0.1) is 5.56 Å². The van der Waals surface area contributed by atoms with E-state index < -0.39 is 17.8 Å². The average molecular weight is 320 g/mol. The minimum absolute atomic E-state index is 0.0268. The first kappa shape index (κ1) is 14.8. The summed E-state index contributed by atoms with van der Waals surface area (Å²) >= 11 is 1.35. The van der Waals surface area contributed by atoms with Gasteiger partial charge in [-0.2, -0.15) is 0 Å². The van der Waals surface area contributed by atoms with Crippen molar-refractivity contribution < 1.29 is 23.5 Å². The van der Waals surface area contributed by atoms with Crippen molar-refractivity contribution in [2.75, 3.05) is 0 Å². The molecule has 0 radical (unpaired) electrons. The number of carbonyl (C=O) groups excluding carboxylic acids is 2. The fourth-order valence-corrected chi connectivity index (χ4v) is 3.36. The van der Waals surface area contributed by atoms with E-state index in [1.807, 2.05) is 0 Å². The van der Waals surface area contributed by atoms with Gasteiger partial charge in [0, 0.05) is 16.7 Å². The number of carbonyl (C=O) groups is 2. The van der Waals surface area contributed by atoms with Crippen LogP contribution in [0.15, 0.2) is 45.7 Å². The maximum Gasteiger partial charge on any atom is 0.344 e. The molecule has 1 aliphatic heterocycles. The highest BCUT2D eigenvalue weighted by Gasteiger charge is 2.28. The zero-order valence-electron chi connectivity index (χ0n) is 11.8. The molecule has 0 atom stereocenters. The Bertz CT molecular complexity index is 721. The SMILES string of the molecule is CC(=O)OCc1ccc2c(c1)C(=O)OC1=C(CCC=C1F)S2. The van der Waals surface area contributed by atoms with Crippen molar-refractivity contribution in [3.05, 3.63) is 51.9 Å². The van der Waals surface area contributed by atoms with Crippen LogP contribution in [-0.4, -0.2) is 11.9 Å². The Kier molecular flexibility index (Phi) is 4.02. The molecule has 0 bridgehead atoms. The van der Waals surface area contributed by atoms with Crippen LogP contribution in [-0.2, 0) is 20.9 Å². The first-order valence-corrected chi connectivity index (χ1v) is 7.62. The van der Waals surface area contributed by atoms with Crippen LogP contribution in [0.4, 0.5) is 4.39 Å². The first-order valence-electron chi connectivity index (χ1n) is 6.80. The monoisotopic (exact) mass is 320 g/mol. The molecule has 1 aromatic rings. The molecule has 22 heavy (non-hydrogen) atoms. The molecular formula is C16H13FO4S. The lowest BCUT2D eigenvalue weighted by Gasteiger charge is -2.13. The second-order valence-electron chi connectivity index (χ2n) is 4.95. The molecule has 0 fully saturated rings. The van der Waals surface area contributed by atoms with Crippen LogP contribution in [0.1, 0.15) is 35.7 Å². The Morgan fingerprint density at radius 3 is 3.05 bits per heavy atom. The summed E-state index contributed by atoms with van der Waals surface area (Å²) in [6, 6.07) is 5.17. The van der Waals surface area contributed by atoms with E-state index in [4.69, 9.17) is 9.47 Å². The average Bonchev–Trinajstić information content (AvgIpc) is 2.62. The van der Waals surface area contributed by atoms with Crippen LogP contribution in [0.5, 0.6) is 0 Å². The first-order chi connectivity index (χ1) is 10.5. The summed E-state index contributed by atoms with van der Waals surface area (Å²) in [7, 11) is 0. The third kappa shape index (κ3) is 2.92. The molecule has 0 saturated carbocycles. The highest BCUT2D eigenvalue weighted by molar-refractivity contribution is 8.03. The van der Waals surface area contributed by atoms with E-state index in [9.17, 15) is 14.0 Å². The van der Waals surface area contributed by atoms with Gasteiger partial charge in [-0.3, -0.25) is 4.79 Å². The number of halogens is 1. The van der Waals surface area contributed by atoms with E-state index in [0.717, 1.165) is 9.80 Å². The lowest BCUT2D eigenvalue weighted by molar-refractivity contribution is -0.142. The van der Waals surface area contributed by atoms with E-state index in [1.165, 1.54) is 24.8 Å². The Morgan fingerprint density at radius 1 is 1.45 bits per heavy atom. The van der Waals surface area contributed by atoms with Gasteiger partial charge < -0.3 is 9.47 Å². The van der Waals surface area contributed by atoms with Crippen LogP contribution in [0, 0.1) is 0 Å². The van der Waals surface area contributed by atoms with Crippen molar-refractivity contribution in [2.45, 2.75) is 31.3 Å². The Morgan fingerprint density at radius 2 is 2.27 bits per heavy atom.